The lowest BCUT2D eigenvalue weighted by Gasteiger charge is -2.13. The number of anilines is 1. The molecule has 7 heteroatoms. The Bertz CT molecular complexity index is 862. The number of hydrogen-bond donors (Lipinski definition) is 1. The SMILES string of the molecule is COC(=O)c1ccc(Cl)cc1NS(=O)(=O)c1ccc(C)c(C)c1. The zero-order valence-corrected chi connectivity index (χ0v) is 14.5. The summed E-state index contributed by atoms with van der Waals surface area (Å²) in [5.41, 5.74) is 2.00. The molecule has 0 unspecified atom stereocenters. The van der Waals surface area contributed by atoms with E-state index in [0.29, 0.717) is 5.02 Å². The molecule has 0 saturated heterocycles. The van der Waals surface area contributed by atoms with Crippen molar-refractivity contribution in [2.75, 3.05) is 11.8 Å². The lowest BCUT2D eigenvalue weighted by Crippen LogP contribution is -2.16. The highest BCUT2D eigenvalue weighted by molar-refractivity contribution is 7.92. The number of hydrogen-bond acceptors (Lipinski definition) is 4. The van der Waals surface area contributed by atoms with Crippen LogP contribution in [0.1, 0.15) is 21.5 Å². The molecule has 1 N–H and O–H groups in total. The maximum Gasteiger partial charge on any atom is 0.339 e. The van der Waals surface area contributed by atoms with Crippen molar-refractivity contribution in [1.82, 2.24) is 0 Å². The number of halogens is 1. The number of carbonyl (C=O) groups excluding carboxylic acids is 1. The third-order valence-electron chi connectivity index (χ3n) is 3.42. The molecule has 2 aromatic carbocycles. The largest absolute Gasteiger partial charge is 0.465 e. The van der Waals surface area contributed by atoms with Gasteiger partial charge in [-0.3, -0.25) is 4.72 Å². The van der Waals surface area contributed by atoms with Gasteiger partial charge in [-0.15, -0.1) is 0 Å². The summed E-state index contributed by atoms with van der Waals surface area (Å²) in [5.74, 6) is -0.653. The van der Waals surface area contributed by atoms with Gasteiger partial charge in [0.2, 0.25) is 0 Å². The maximum absolute atomic E-state index is 12.5. The molecule has 0 heterocycles. The third-order valence-corrected chi connectivity index (χ3v) is 5.02. The minimum absolute atomic E-state index is 0.0718. The van der Waals surface area contributed by atoms with Crippen LogP contribution >= 0.6 is 11.6 Å². The van der Waals surface area contributed by atoms with Crippen molar-refractivity contribution in [2.45, 2.75) is 18.7 Å². The van der Waals surface area contributed by atoms with Crippen LogP contribution in [-0.2, 0) is 14.8 Å². The zero-order valence-electron chi connectivity index (χ0n) is 12.9. The first kappa shape index (κ1) is 17.3. The molecule has 0 aliphatic carbocycles. The molecule has 0 fully saturated rings. The summed E-state index contributed by atoms with van der Waals surface area (Å²) >= 11 is 5.90. The van der Waals surface area contributed by atoms with Gasteiger partial charge in [-0.1, -0.05) is 17.7 Å². The summed E-state index contributed by atoms with van der Waals surface area (Å²) in [7, 11) is -2.63. The van der Waals surface area contributed by atoms with E-state index < -0.39 is 16.0 Å². The standard InChI is InChI=1S/C16H16ClNO4S/c1-10-4-6-13(8-11(10)2)23(20,21)18-15-9-12(17)5-7-14(15)16(19)22-3/h4-9,18H,1-3H3. The molecule has 122 valence electrons. The van der Waals surface area contributed by atoms with Gasteiger partial charge in [0.15, 0.2) is 0 Å². The van der Waals surface area contributed by atoms with E-state index in [-0.39, 0.29) is 16.1 Å². The van der Waals surface area contributed by atoms with E-state index in [0.717, 1.165) is 11.1 Å². The fourth-order valence-corrected chi connectivity index (χ4v) is 3.30. The number of aryl methyl sites for hydroxylation is 2. The van der Waals surface area contributed by atoms with Crippen molar-refractivity contribution in [3.05, 3.63) is 58.1 Å². The van der Waals surface area contributed by atoms with Crippen molar-refractivity contribution in [3.8, 4) is 0 Å². The zero-order chi connectivity index (χ0) is 17.2. The van der Waals surface area contributed by atoms with Gasteiger partial charge in [0.1, 0.15) is 0 Å². The van der Waals surface area contributed by atoms with Crippen molar-refractivity contribution in [3.63, 3.8) is 0 Å². The molecule has 0 saturated carbocycles. The Morgan fingerprint density at radius 3 is 2.39 bits per heavy atom. The number of nitrogens with one attached hydrogen (secondary N) is 1. The van der Waals surface area contributed by atoms with E-state index in [2.05, 4.69) is 9.46 Å². The Morgan fingerprint density at radius 1 is 1.09 bits per heavy atom. The van der Waals surface area contributed by atoms with Gasteiger partial charge >= 0.3 is 5.97 Å². The number of methoxy groups -OCH3 is 1. The highest BCUT2D eigenvalue weighted by Crippen LogP contribution is 2.25. The van der Waals surface area contributed by atoms with E-state index >= 15 is 0 Å². The molecule has 0 amide bonds. The Hall–Kier alpha value is -2.05. The molecule has 5 nitrogen and oxygen atoms in total. The van der Waals surface area contributed by atoms with Gasteiger partial charge in [0.25, 0.3) is 10.0 Å². The van der Waals surface area contributed by atoms with Crippen molar-refractivity contribution in [1.29, 1.82) is 0 Å². The van der Waals surface area contributed by atoms with Crippen LogP contribution in [0.5, 0.6) is 0 Å². The number of sulfonamides is 1. The predicted molar refractivity (Wildman–Crippen MR) is 89.5 cm³/mol. The summed E-state index contributed by atoms with van der Waals surface area (Å²) in [4.78, 5) is 11.9. The first-order valence-corrected chi connectivity index (χ1v) is 8.58. The van der Waals surface area contributed by atoms with Crippen LogP contribution in [-0.4, -0.2) is 21.5 Å². The molecule has 2 rings (SSSR count). The van der Waals surface area contributed by atoms with E-state index in [4.69, 9.17) is 11.6 Å². The summed E-state index contributed by atoms with van der Waals surface area (Å²) < 4.78 is 32.1. The van der Waals surface area contributed by atoms with Gasteiger partial charge < -0.3 is 4.74 Å². The first-order valence-electron chi connectivity index (χ1n) is 6.72. The summed E-state index contributed by atoms with van der Waals surface area (Å²) in [6.45, 7) is 3.72. The number of ether oxygens (including phenoxy) is 1. The van der Waals surface area contributed by atoms with Crippen LogP contribution in [0.3, 0.4) is 0 Å². The van der Waals surface area contributed by atoms with Crippen LogP contribution in [0.25, 0.3) is 0 Å². The van der Waals surface area contributed by atoms with Crippen LogP contribution in [0.2, 0.25) is 5.02 Å². The average molecular weight is 354 g/mol. The highest BCUT2D eigenvalue weighted by Gasteiger charge is 2.20. The molecule has 0 radical (unpaired) electrons. The van der Waals surface area contributed by atoms with Gasteiger partial charge in [-0.05, 0) is 55.3 Å². The lowest BCUT2D eigenvalue weighted by atomic mass is 10.1. The van der Waals surface area contributed by atoms with Crippen molar-refractivity contribution < 1.29 is 17.9 Å². The summed E-state index contributed by atoms with van der Waals surface area (Å²) in [6.07, 6.45) is 0. The molecule has 0 aliphatic heterocycles. The van der Waals surface area contributed by atoms with Gasteiger partial charge in [0, 0.05) is 5.02 Å². The average Bonchev–Trinajstić information content (AvgIpc) is 2.49. The Labute approximate surface area is 140 Å². The minimum atomic E-state index is -3.85. The topological polar surface area (TPSA) is 72.5 Å². The van der Waals surface area contributed by atoms with Gasteiger partial charge in [0.05, 0.1) is 23.3 Å². The molecular formula is C16H16ClNO4S. The molecule has 23 heavy (non-hydrogen) atoms. The molecule has 0 atom stereocenters. The Morgan fingerprint density at radius 2 is 1.78 bits per heavy atom. The predicted octanol–water partition coefficient (Wildman–Crippen LogP) is 3.54. The summed E-state index contributed by atoms with van der Waals surface area (Å²) in [6, 6.07) is 9.07. The third kappa shape index (κ3) is 3.83. The van der Waals surface area contributed by atoms with Crippen LogP contribution in [0.4, 0.5) is 5.69 Å². The van der Waals surface area contributed by atoms with Crippen LogP contribution in [0.15, 0.2) is 41.3 Å². The number of carbonyl (C=O) groups is 1. The van der Waals surface area contributed by atoms with E-state index in [1.54, 1.807) is 12.1 Å². The Balaban J connectivity index is 2.46. The molecule has 0 spiro atoms. The molecule has 2 aromatic rings. The first-order chi connectivity index (χ1) is 10.7. The highest BCUT2D eigenvalue weighted by atomic mass is 35.5. The molecule has 0 aromatic heterocycles. The molecule has 0 bridgehead atoms. The minimum Gasteiger partial charge on any atom is -0.465 e. The normalized spacial score (nSPS) is 11.1. The van der Waals surface area contributed by atoms with E-state index in [9.17, 15) is 13.2 Å². The molecule has 0 aliphatic rings. The second kappa shape index (κ2) is 6.60. The summed E-state index contributed by atoms with van der Waals surface area (Å²) in [5, 5.41) is 0.301. The van der Waals surface area contributed by atoms with Crippen molar-refractivity contribution in [2.24, 2.45) is 0 Å². The smallest absolute Gasteiger partial charge is 0.339 e. The fraction of sp³-hybridized carbons (Fsp3) is 0.188. The number of rotatable bonds is 4. The molecular weight excluding hydrogens is 338 g/mol. The second-order valence-electron chi connectivity index (χ2n) is 5.03. The van der Waals surface area contributed by atoms with Crippen LogP contribution in [0, 0.1) is 13.8 Å². The van der Waals surface area contributed by atoms with Gasteiger partial charge in [-0.2, -0.15) is 0 Å². The monoisotopic (exact) mass is 353 g/mol. The number of benzene rings is 2. The maximum atomic E-state index is 12.5. The quantitative estimate of drug-likeness (QED) is 0.853. The van der Waals surface area contributed by atoms with Crippen LogP contribution < -0.4 is 4.72 Å². The van der Waals surface area contributed by atoms with Gasteiger partial charge in [-0.25, -0.2) is 13.2 Å². The second-order valence-corrected chi connectivity index (χ2v) is 7.15. The lowest BCUT2D eigenvalue weighted by molar-refractivity contribution is 0.0602. The number of esters is 1. The van der Waals surface area contributed by atoms with Crippen molar-refractivity contribution >= 4 is 33.3 Å². The van der Waals surface area contributed by atoms with E-state index in [1.165, 1.54) is 31.4 Å². The Kier molecular flexibility index (Phi) is 4.97. The van der Waals surface area contributed by atoms with E-state index in [1.807, 2.05) is 13.8 Å². The fourth-order valence-electron chi connectivity index (χ4n) is 1.97.